The number of hydrogen-bond acceptors (Lipinski definition) is 7. The highest BCUT2D eigenvalue weighted by Gasteiger charge is 2.17. The number of thiophene rings is 1. The van der Waals surface area contributed by atoms with Gasteiger partial charge >= 0.3 is 5.97 Å². The van der Waals surface area contributed by atoms with E-state index in [9.17, 15) is 4.79 Å². The Labute approximate surface area is 194 Å². The molecule has 7 nitrogen and oxygen atoms in total. The fraction of sp³-hybridized carbons (Fsp3) is 0.200. The number of imidazole rings is 1. The van der Waals surface area contributed by atoms with Crippen molar-refractivity contribution >= 4 is 28.3 Å². The zero-order chi connectivity index (χ0) is 22.9. The summed E-state index contributed by atoms with van der Waals surface area (Å²) in [5.41, 5.74) is 4.30. The summed E-state index contributed by atoms with van der Waals surface area (Å²) >= 11 is 1.64. The number of rotatable bonds is 6. The molecular formula is C25H22N4O3S. The molecule has 0 aliphatic heterocycles. The third-order valence-electron chi connectivity index (χ3n) is 5.42. The molecule has 2 aromatic carbocycles. The Kier molecular flexibility index (Phi) is 5.51. The van der Waals surface area contributed by atoms with Crippen LogP contribution in [-0.2, 0) is 17.8 Å². The number of nitrogens with zero attached hydrogens (tertiary/aromatic N) is 4. The zero-order valence-electron chi connectivity index (χ0n) is 18.5. The molecule has 3 aromatic heterocycles. The molecule has 0 amide bonds. The third-order valence-corrected chi connectivity index (χ3v) is 6.79. The smallest absolute Gasteiger partial charge is 0.338 e. The largest absolute Gasteiger partial charge is 0.452 e. The molecule has 0 aliphatic rings. The van der Waals surface area contributed by atoms with Gasteiger partial charge in [-0.1, -0.05) is 25.1 Å². The van der Waals surface area contributed by atoms with Crippen LogP contribution in [0.4, 0.5) is 0 Å². The topological polar surface area (TPSA) is 83.0 Å². The van der Waals surface area contributed by atoms with Crippen LogP contribution in [0.2, 0.25) is 0 Å². The number of fused-ring (bicyclic) bond motifs is 1. The standard InChI is InChI=1S/C25H22N4O3S/c1-4-21-15(2)12-22(33-21)24-28-27-23(32-24)14-31-25(30)17-10-11-20-19(13-17)26-16(3)29(20)18-8-6-5-7-9-18/h5-13H,4,14H2,1-3H3. The molecular weight excluding hydrogens is 436 g/mol. The third kappa shape index (κ3) is 4.05. The minimum Gasteiger partial charge on any atom is -0.452 e. The first-order valence-electron chi connectivity index (χ1n) is 10.7. The molecule has 5 aromatic rings. The van der Waals surface area contributed by atoms with E-state index in [-0.39, 0.29) is 12.5 Å². The molecule has 0 fully saturated rings. The number of benzene rings is 2. The Hall–Kier alpha value is -3.78. The molecule has 166 valence electrons. The highest BCUT2D eigenvalue weighted by atomic mass is 32.1. The second-order valence-corrected chi connectivity index (χ2v) is 8.82. The van der Waals surface area contributed by atoms with Gasteiger partial charge in [0.15, 0.2) is 6.61 Å². The number of aromatic nitrogens is 4. The van der Waals surface area contributed by atoms with Crippen molar-refractivity contribution in [2.45, 2.75) is 33.8 Å². The van der Waals surface area contributed by atoms with Gasteiger partial charge in [-0.3, -0.25) is 4.57 Å². The lowest BCUT2D eigenvalue weighted by Gasteiger charge is -2.07. The molecule has 0 bridgehead atoms. The SMILES string of the molecule is CCc1sc(-c2nnc(COC(=O)c3ccc4c(c3)nc(C)n4-c3ccccc3)o2)cc1C. The van der Waals surface area contributed by atoms with Crippen LogP contribution in [-0.4, -0.2) is 25.7 Å². The minimum atomic E-state index is -0.469. The molecule has 0 spiro atoms. The molecule has 0 atom stereocenters. The van der Waals surface area contributed by atoms with E-state index in [1.807, 2.05) is 49.4 Å². The van der Waals surface area contributed by atoms with Gasteiger partial charge in [0.2, 0.25) is 0 Å². The summed E-state index contributed by atoms with van der Waals surface area (Å²) in [6.07, 6.45) is 0.961. The van der Waals surface area contributed by atoms with E-state index in [2.05, 4.69) is 33.6 Å². The molecule has 33 heavy (non-hydrogen) atoms. The number of hydrogen-bond donors (Lipinski definition) is 0. The lowest BCUT2D eigenvalue weighted by molar-refractivity contribution is 0.0439. The molecule has 8 heteroatoms. The van der Waals surface area contributed by atoms with Gasteiger partial charge in [0.25, 0.3) is 11.8 Å². The average Bonchev–Trinajstić information content (AvgIpc) is 3.53. The molecule has 5 rings (SSSR count). The predicted molar refractivity (Wildman–Crippen MR) is 127 cm³/mol. The summed E-state index contributed by atoms with van der Waals surface area (Å²) in [6.45, 7) is 6.04. The average molecular weight is 459 g/mol. The van der Waals surface area contributed by atoms with Crippen LogP contribution in [0.25, 0.3) is 27.5 Å². The van der Waals surface area contributed by atoms with Crippen molar-refractivity contribution < 1.29 is 13.9 Å². The normalized spacial score (nSPS) is 11.2. The highest BCUT2D eigenvalue weighted by molar-refractivity contribution is 7.15. The van der Waals surface area contributed by atoms with E-state index in [0.717, 1.165) is 33.8 Å². The summed E-state index contributed by atoms with van der Waals surface area (Å²) in [5, 5.41) is 8.12. The number of para-hydroxylation sites is 1. The van der Waals surface area contributed by atoms with Crippen molar-refractivity contribution in [2.75, 3.05) is 0 Å². The van der Waals surface area contributed by atoms with Crippen molar-refractivity contribution in [3.63, 3.8) is 0 Å². The van der Waals surface area contributed by atoms with Crippen molar-refractivity contribution in [1.29, 1.82) is 0 Å². The summed E-state index contributed by atoms with van der Waals surface area (Å²) in [6, 6.07) is 17.4. The van der Waals surface area contributed by atoms with Gasteiger partial charge in [-0.15, -0.1) is 21.5 Å². The van der Waals surface area contributed by atoms with E-state index >= 15 is 0 Å². The molecule has 0 saturated carbocycles. The predicted octanol–water partition coefficient (Wildman–Crippen LogP) is 5.67. The van der Waals surface area contributed by atoms with Gasteiger partial charge in [0, 0.05) is 10.6 Å². The molecule has 0 N–H and O–H groups in total. The number of carbonyl (C=O) groups is 1. The summed E-state index contributed by atoms with van der Waals surface area (Å²) < 4.78 is 13.2. The maximum absolute atomic E-state index is 12.6. The molecule has 3 heterocycles. The lowest BCUT2D eigenvalue weighted by atomic mass is 10.2. The molecule has 0 unspecified atom stereocenters. The molecule has 0 aliphatic carbocycles. The van der Waals surface area contributed by atoms with E-state index < -0.39 is 5.97 Å². The number of esters is 1. The van der Waals surface area contributed by atoms with Gasteiger partial charge < -0.3 is 9.15 Å². The van der Waals surface area contributed by atoms with Crippen LogP contribution in [0.3, 0.4) is 0 Å². The Bertz CT molecular complexity index is 1450. The summed E-state index contributed by atoms with van der Waals surface area (Å²) in [4.78, 5) is 19.5. The van der Waals surface area contributed by atoms with Crippen molar-refractivity contribution in [3.05, 3.63) is 82.3 Å². The van der Waals surface area contributed by atoms with E-state index in [0.29, 0.717) is 11.5 Å². The van der Waals surface area contributed by atoms with Crippen molar-refractivity contribution in [2.24, 2.45) is 0 Å². The highest BCUT2D eigenvalue weighted by Crippen LogP contribution is 2.31. The van der Waals surface area contributed by atoms with Crippen LogP contribution < -0.4 is 0 Å². The minimum absolute atomic E-state index is 0.0909. The molecule has 0 saturated heterocycles. The summed E-state index contributed by atoms with van der Waals surface area (Å²) in [5.74, 6) is 1.07. The Morgan fingerprint density at radius 2 is 1.91 bits per heavy atom. The summed E-state index contributed by atoms with van der Waals surface area (Å²) in [7, 11) is 0. The van der Waals surface area contributed by atoms with E-state index in [1.54, 1.807) is 23.5 Å². The van der Waals surface area contributed by atoms with Gasteiger partial charge in [-0.05, 0) is 62.2 Å². The van der Waals surface area contributed by atoms with Gasteiger partial charge in [-0.2, -0.15) is 0 Å². The Balaban J connectivity index is 1.31. The lowest BCUT2D eigenvalue weighted by Crippen LogP contribution is -2.05. The number of carbonyl (C=O) groups excluding carboxylic acids is 1. The quantitative estimate of drug-likeness (QED) is 0.305. The monoisotopic (exact) mass is 458 g/mol. The maximum atomic E-state index is 12.6. The van der Waals surface area contributed by atoms with Crippen LogP contribution in [0.1, 0.15) is 39.4 Å². The molecule has 0 radical (unpaired) electrons. The Morgan fingerprint density at radius 3 is 2.67 bits per heavy atom. The van der Waals surface area contributed by atoms with Gasteiger partial charge in [0.1, 0.15) is 5.82 Å². The van der Waals surface area contributed by atoms with Gasteiger partial charge in [0.05, 0.1) is 21.5 Å². The first kappa shape index (κ1) is 21.1. The van der Waals surface area contributed by atoms with Crippen LogP contribution in [0.15, 0.2) is 59.0 Å². The van der Waals surface area contributed by atoms with E-state index in [4.69, 9.17) is 9.15 Å². The second-order valence-electron chi connectivity index (χ2n) is 7.68. The van der Waals surface area contributed by atoms with Crippen LogP contribution in [0, 0.1) is 13.8 Å². The first-order chi connectivity index (χ1) is 16.0. The van der Waals surface area contributed by atoms with Gasteiger partial charge in [-0.25, -0.2) is 9.78 Å². The second kappa shape index (κ2) is 8.63. The van der Waals surface area contributed by atoms with Crippen molar-refractivity contribution in [3.8, 4) is 16.5 Å². The number of ether oxygens (including phenoxy) is 1. The van der Waals surface area contributed by atoms with Crippen molar-refractivity contribution in [1.82, 2.24) is 19.7 Å². The zero-order valence-corrected chi connectivity index (χ0v) is 19.3. The Morgan fingerprint density at radius 1 is 1.09 bits per heavy atom. The fourth-order valence-electron chi connectivity index (χ4n) is 3.83. The fourth-order valence-corrected chi connectivity index (χ4v) is 4.86. The maximum Gasteiger partial charge on any atom is 0.338 e. The van der Waals surface area contributed by atoms with Crippen LogP contribution in [0.5, 0.6) is 0 Å². The van der Waals surface area contributed by atoms with E-state index in [1.165, 1.54) is 10.4 Å². The van der Waals surface area contributed by atoms with Crippen LogP contribution >= 0.6 is 11.3 Å². The number of aryl methyl sites for hydroxylation is 3. The first-order valence-corrected chi connectivity index (χ1v) is 11.5.